The third-order valence-electron chi connectivity index (χ3n) is 3.90. The van der Waals surface area contributed by atoms with Gasteiger partial charge in [0.05, 0.1) is 5.56 Å². The second-order valence-electron chi connectivity index (χ2n) is 5.14. The first kappa shape index (κ1) is 11.5. The van der Waals surface area contributed by atoms with Gasteiger partial charge in [-0.3, -0.25) is 0 Å². The predicted molar refractivity (Wildman–Crippen MR) is 70.3 cm³/mol. The van der Waals surface area contributed by atoms with Crippen LogP contribution in [0.1, 0.15) is 54.1 Å². The average molecular weight is 242 g/mol. The van der Waals surface area contributed by atoms with Crippen LogP contribution in [0.4, 0.5) is 0 Å². The smallest absolute Gasteiger partial charge is 0.339 e. The molecule has 94 valence electrons. The van der Waals surface area contributed by atoms with E-state index in [0.717, 1.165) is 24.0 Å². The molecule has 0 bridgehead atoms. The zero-order chi connectivity index (χ0) is 12.4. The number of fused-ring (bicyclic) bond motifs is 1. The first-order valence-electron chi connectivity index (χ1n) is 6.83. The Morgan fingerprint density at radius 2 is 2.00 bits per heavy atom. The Morgan fingerprint density at radius 3 is 2.94 bits per heavy atom. The van der Waals surface area contributed by atoms with Crippen LogP contribution in [-0.2, 0) is 4.74 Å². The van der Waals surface area contributed by atoms with Gasteiger partial charge < -0.3 is 4.74 Å². The number of ether oxygens (including phenoxy) is 1. The summed E-state index contributed by atoms with van der Waals surface area (Å²) in [5.74, 6) is 0.184. The van der Waals surface area contributed by atoms with Crippen LogP contribution in [0, 0.1) is 5.92 Å². The fourth-order valence-corrected chi connectivity index (χ4v) is 2.93. The lowest BCUT2D eigenvalue weighted by Crippen LogP contribution is -2.12. The van der Waals surface area contributed by atoms with Gasteiger partial charge in [-0.1, -0.05) is 43.2 Å². The molecule has 1 aliphatic heterocycles. The van der Waals surface area contributed by atoms with Gasteiger partial charge in [0.25, 0.3) is 0 Å². The third-order valence-corrected chi connectivity index (χ3v) is 3.90. The summed E-state index contributed by atoms with van der Waals surface area (Å²) in [5, 5.41) is 0. The Balaban J connectivity index is 1.89. The van der Waals surface area contributed by atoms with Gasteiger partial charge in [0.2, 0.25) is 0 Å². The molecule has 1 aromatic carbocycles. The SMILES string of the molecule is O=C1OC(C2/C=C\CCCCC2)c2ccccc21. The summed E-state index contributed by atoms with van der Waals surface area (Å²) in [6.07, 6.45) is 10.5. The zero-order valence-electron chi connectivity index (χ0n) is 10.5. The highest BCUT2D eigenvalue weighted by molar-refractivity contribution is 5.94. The van der Waals surface area contributed by atoms with Crippen molar-refractivity contribution in [2.75, 3.05) is 0 Å². The first-order valence-corrected chi connectivity index (χ1v) is 6.83. The number of rotatable bonds is 1. The Labute approximate surface area is 108 Å². The highest BCUT2D eigenvalue weighted by Gasteiger charge is 2.34. The largest absolute Gasteiger partial charge is 0.453 e. The first-order chi connectivity index (χ1) is 8.86. The summed E-state index contributed by atoms with van der Waals surface area (Å²) in [6.45, 7) is 0. The van der Waals surface area contributed by atoms with Gasteiger partial charge in [-0.15, -0.1) is 0 Å². The number of carbonyl (C=O) groups is 1. The highest BCUT2D eigenvalue weighted by atomic mass is 16.5. The molecule has 3 rings (SSSR count). The van der Waals surface area contributed by atoms with Crippen LogP contribution >= 0.6 is 0 Å². The van der Waals surface area contributed by atoms with Crippen molar-refractivity contribution < 1.29 is 9.53 Å². The maximum absolute atomic E-state index is 11.8. The van der Waals surface area contributed by atoms with Crippen molar-refractivity contribution in [3.63, 3.8) is 0 Å². The van der Waals surface area contributed by atoms with E-state index in [9.17, 15) is 4.79 Å². The quantitative estimate of drug-likeness (QED) is 0.549. The van der Waals surface area contributed by atoms with Crippen LogP contribution in [-0.4, -0.2) is 5.97 Å². The molecular formula is C16H18O2. The van der Waals surface area contributed by atoms with Gasteiger partial charge >= 0.3 is 5.97 Å². The molecule has 0 radical (unpaired) electrons. The Kier molecular flexibility index (Phi) is 3.18. The second kappa shape index (κ2) is 4.97. The van der Waals surface area contributed by atoms with Crippen molar-refractivity contribution in [1.29, 1.82) is 0 Å². The average Bonchev–Trinajstić information content (AvgIpc) is 2.67. The van der Waals surface area contributed by atoms with Crippen LogP contribution < -0.4 is 0 Å². The normalized spacial score (nSPS) is 29.0. The van der Waals surface area contributed by atoms with Gasteiger partial charge in [-0.05, 0) is 25.3 Å². The molecule has 0 fully saturated rings. The molecule has 2 atom stereocenters. The van der Waals surface area contributed by atoms with E-state index in [1.54, 1.807) is 0 Å². The number of carbonyl (C=O) groups excluding carboxylic acids is 1. The molecule has 2 aliphatic rings. The number of allylic oxidation sites excluding steroid dienone is 1. The summed E-state index contributed by atoms with van der Waals surface area (Å²) in [7, 11) is 0. The molecule has 0 saturated heterocycles. The summed E-state index contributed by atoms with van der Waals surface area (Å²) in [5.41, 5.74) is 1.82. The second-order valence-corrected chi connectivity index (χ2v) is 5.14. The monoisotopic (exact) mass is 242 g/mol. The van der Waals surface area contributed by atoms with Crippen LogP contribution in [0.25, 0.3) is 0 Å². The lowest BCUT2D eigenvalue weighted by molar-refractivity contribution is 0.0279. The minimum Gasteiger partial charge on any atom is -0.453 e. The van der Waals surface area contributed by atoms with Crippen molar-refractivity contribution >= 4 is 5.97 Å². The molecule has 0 N–H and O–H groups in total. The summed E-state index contributed by atoms with van der Waals surface area (Å²) >= 11 is 0. The molecule has 18 heavy (non-hydrogen) atoms. The topological polar surface area (TPSA) is 26.3 Å². The van der Waals surface area contributed by atoms with Crippen molar-refractivity contribution in [2.45, 2.75) is 38.2 Å². The molecule has 1 heterocycles. The summed E-state index contributed by atoms with van der Waals surface area (Å²) < 4.78 is 5.58. The zero-order valence-corrected chi connectivity index (χ0v) is 10.5. The number of hydrogen-bond acceptors (Lipinski definition) is 2. The van der Waals surface area contributed by atoms with E-state index >= 15 is 0 Å². The Bertz CT molecular complexity index is 476. The fourth-order valence-electron chi connectivity index (χ4n) is 2.93. The van der Waals surface area contributed by atoms with Crippen LogP contribution in [0.5, 0.6) is 0 Å². The molecule has 0 amide bonds. The maximum Gasteiger partial charge on any atom is 0.339 e. The standard InChI is InChI=1S/C16H18O2/c17-16-14-11-7-6-10-13(14)15(18-16)12-8-4-2-1-3-5-9-12/h4,6-8,10-12,15H,1-3,5,9H2/b8-4-. The van der Waals surface area contributed by atoms with Crippen molar-refractivity contribution in [1.82, 2.24) is 0 Å². The third kappa shape index (κ3) is 2.07. The van der Waals surface area contributed by atoms with Gasteiger partial charge in [0.15, 0.2) is 0 Å². The number of esters is 1. The van der Waals surface area contributed by atoms with Gasteiger partial charge in [0, 0.05) is 11.5 Å². The van der Waals surface area contributed by atoms with Crippen LogP contribution in [0.15, 0.2) is 36.4 Å². The Hall–Kier alpha value is -1.57. The molecule has 2 nitrogen and oxygen atoms in total. The van der Waals surface area contributed by atoms with Crippen molar-refractivity contribution in [3.8, 4) is 0 Å². The summed E-state index contributed by atoms with van der Waals surface area (Å²) in [4.78, 5) is 11.8. The number of hydrogen-bond donors (Lipinski definition) is 0. The molecule has 2 heteroatoms. The predicted octanol–water partition coefficient (Wildman–Crippen LogP) is 4.03. The van der Waals surface area contributed by atoms with Crippen molar-refractivity contribution in [3.05, 3.63) is 47.5 Å². The van der Waals surface area contributed by atoms with E-state index in [0.29, 0.717) is 5.92 Å². The minimum atomic E-state index is -0.161. The van der Waals surface area contributed by atoms with Gasteiger partial charge in [-0.2, -0.15) is 0 Å². The number of benzene rings is 1. The van der Waals surface area contributed by atoms with Crippen LogP contribution in [0.3, 0.4) is 0 Å². The van der Waals surface area contributed by atoms with E-state index in [1.807, 2.05) is 24.3 Å². The lowest BCUT2D eigenvalue weighted by atomic mass is 9.88. The van der Waals surface area contributed by atoms with E-state index in [-0.39, 0.29) is 12.1 Å². The molecule has 1 aliphatic carbocycles. The molecular weight excluding hydrogens is 224 g/mol. The van der Waals surface area contributed by atoms with Gasteiger partial charge in [-0.25, -0.2) is 4.79 Å². The molecule has 1 aromatic rings. The van der Waals surface area contributed by atoms with E-state index in [4.69, 9.17) is 4.74 Å². The highest BCUT2D eigenvalue weighted by Crippen LogP contribution is 2.39. The van der Waals surface area contributed by atoms with Crippen LogP contribution in [0.2, 0.25) is 0 Å². The molecule has 0 aromatic heterocycles. The molecule has 0 saturated carbocycles. The molecule has 2 unspecified atom stereocenters. The lowest BCUT2D eigenvalue weighted by Gasteiger charge is -2.21. The Morgan fingerprint density at radius 1 is 1.11 bits per heavy atom. The summed E-state index contributed by atoms with van der Waals surface area (Å²) in [6, 6.07) is 7.78. The number of cyclic esters (lactones) is 1. The van der Waals surface area contributed by atoms with Crippen molar-refractivity contribution in [2.24, 2.45) is 5.92 Å². The van der Waals surface area contributed by atoms with E-state index < -0.39 is 0 Å². The van der Waals surface area contributed by atoms with E-state index in [2.05, 4.69) is 12.2 Å². The fraction of sp³-hybridized carbons (Fsp3) is 0.438. The minimum absolute atomic E-state index is 0.0666. The molecule has 0 spiro atoms. The van der Waals surface area contributed by atoms with Gasteiger partial charge in [0.1, 0.15) is 6.10 Å². The maximum atomic E-state index is 11.8. The van der Waals surface area contributed by atoms with E-state index in [1.165, 1.54) is 19.3 Å².